The Bertz CT molecular complexity index is 1760. The predicted molar refractivity (Wildman–Crippen MR) is 157 cm³/mol. The maximum atomic E-state index is 13.7. The summed E-state index contributed by atoms with van der Waals surface area (Å²) in [6.07, 6.45) is 2.10. The van der Waals surface area contributed by atoms with Crippen molar-refractivity contribution in [3.63, 3.8) is 0 Å². The second-order valence-corrected chi connectivity index (χ2v) is 11.8. The van der Waals surface area contributed by atoms with Gasteiger partial charge in [0.1, 0.15) is 5.76 Å². The SMILES string of the molecule is Cc1noc(C)c1-c1cc(C(N)=O)c2c3cc(C(=O)N4CCCC(C)(C)C4)ccc3n(Cc3ccccc3)c2c1. The number of primary amides is 1. The Morgan fingerprint density at radius 2 is 1.80 bits per heavy atom. The van der Waals surface area contributed by atoms with Gasteiger partial charge in [0, 0.05) is 52.6 Å². The summed E-state index contributed by atoms with van der Waals surface area (Å²) in [5.41, 5.74) is 12.5. The van der Waals surface area contributed by atoms with Crippen LogP contribution in [0.1, 0.15) is 64.4 Å². The fraction of sp³-hybridized carbons (Fsp3) is 0.303. The first-order valence-electron chi connectivity index (χ1n) is 13.8. The standard InChI is InChI=1S/C33H34N4O3/c1-20-29(21(2)40-35-20)24-16-26(31(34)38)30-25-15-23(32(39)36-14-8-13-33(3,4)19-36)11-12-27(25)37(28(30)17-24)18-22-9-6-5-7-10-22/h5-7,9-12,15-17H,8,13-14,18-19H2,1-4H3,(H2,34,38). The van der Waals surface area contributed by atoms with Crippen LogP contribution in [0.2, 0.25) is 0 Å². The zero-order chi connectivity index (χ0) is 28.2. The van der Waals surface area contributed by atoms with Crippen LogP contribution in [0, 0.1) is 19.3 Å². The summed E-state index contributed by atoms with van der Waals surface area (Å²) in [5.74, 6) is 0.175. The van der Waals surface area contributed by atoms with E-state index in [1.54, 1.807) is 0 Å². The van der Waals surface area contributed by atoms with E-state index < -0.39 is 5.91 Å². The molecule has 3 heterocycles. The summed E-state index contributed by atoms with van der Waals surface area (Å²) in [6, 6.07) is 19.9. The van der Waals surface area contributed by atoms with E-state index in [1.165, 1.54) is 0 Å². The zero-order valence-electron chi connectivity index (χ0n) is 23.5. The van der Waals surface area contributed by atoms with E-state index in [1.807, 2.05) is 61.2 Å². The van der Waals surface area contributed by atoms with Gasteiger partial charge in [-0.05, 0) is 73.6 Å². The van der Waals surface area contributed by atoms with E-state index >= 15 is 0 Å². The Kier molecular flexibility index (Phi) is 6.25. The Morgan fingerprint density at radius 3 is 2.48 bits per heavy atom. The minimum atomic E-state index is -0.521. The molecular weight excluding hydrogens is 500 g/mol. The molecule has 7 heteroatoms. The monoisotopic (exact) mass is 534 g/mol. The fourth-order valence-corrected chi connectivity index (χ4v) is 6.31. The van der Waals surface area contributed by atoms with E-state index in [0.29, 0.717) is 23.4 Å². The molecule has 0 spiro atoms. The molecule has 7 nitrogen and oxygen atoms in total. The lowest BCUT2D eigenvalue weighted by molar-refractivity contribution is 0.0583. The maximum absolute atomic E-state index is 13.7. The molecule has 0 atom stereocenters. The molecule has 5 aromatic rings. The number of carbonyl (C=O) groups excluding carboxylic acids is 2. The lowest BCUT2D eigenvalue weighted by Crippen LogP contribution is -2.43. The van der Waals surface area contributed by atoms with E-state index in [4.69, 9.17) is 10.3 Å². The van der Waals surface area contributed by atoms with Gasteiger partial charge in [-0.25, -0.2) is 0 Å². The van der Waals surface area contributed by atoms with Crippen molar-refractivity contribution in [3.8, 4) is 11.1 Å². The smallest absolute Gasteiger partial charge is 0.253 e. The van der Waals surface area contributed by atoms with Gasteiger partial charge in [0.2, 0.25) is 5.91 Å². The van der Waals surface area contributed by atoms with Crippen LogP contribution >= 0.6 is 0 Å². The Morgan fingerprint density at radius 1 is 1.02 bits per heavy atom. The third kappa shape index (κ3) is 4.45. The number of nitrogens with two attached hydrogens (primary N) is 1. The fourth-order valence-electron chi connectivity index (χ4n) is 6.31. The van der Waals surface area contributed by atoms with Crippen LogP contribution in [-0.4, -0.2) is 39.5 Å². The number of rotatable bonds is 5. The van der Waals surface area contributed by atoms with Gasteiger partial charge in [0.25, 0.3) is 5.91 Å². The summed E-state index contributed by atoms with van der Waals surface area (Å²) in [6.45, 7) is 10.3. The molecule has 1 fully saturated rings. The number of hydrogen-bond donors (Lipinski definition) is 1. The topological polar surface area (TPSA) is 94.4 Å². The minimum Gasteiger partial charge on any atom is -0.366 e. The Labute approximate surface area is 233 Å². The first kappa shape index (κ1) is 25.9. The van der Waals surface area contributed by atoms with Crippen molar-refractivity contribution in [1.29, 1.82) is 0 Å². The third-order valence-electron chi connectivity index (χ3n) is 8.17. The molecular formula is C33H34N4O3. The second-order valence-electron chi connectivity index (χ2n) is 11.8. The van der Waals surface area contributed by atoms with E-state index in [0.717, 1.165) is 70.1 Å². The molecule has 2 amide bonds. The van der Waals surface area contributed by atoms with Gasteiger partial charge in [-0.1, -0.05) is 49.3 Å². The van der Waals surface area contributed by atoms with Gasteiger partial charge in [-0.2, -0.15) is 0 Å². The second kappa shape index (κ2) is 9.66. The largest absolute Gasteiger partial charge is 0.366 e. The molecule has 2 aromatic heterocycles. The molecule has 0 bridgehead atoms. The molecule has 1 aliphatic rings. The van der Waals surface area contributed by atoms with Gasteiger partial charge < -0.3 is 19.7 Å². The van der Waals surface area contributed by atoms with Gasteiger partial charge in [-0.3, -0.25) is 9.59 Å². The number of hydrogen-bond acceptors (Lipinski definition) is 4. The van der Waals surface area contributed by atoms with Crippen LogP contribution in [0.5, 0.6) is 0 Å². The highest BCUT2D eigenvalue weighted by Crippen LogP contribution is 2.38. The number of fused-ring (bicyclic) bond motifs is 3. The number of amides is 2. The molecule has 0 aliphatic carbocycles. The number of piperidine rings is 1. The number of aryl methyl sites for hydroxylation is 2. The molecule has 0 saturated carbocycles. The molecule has 204 valence electrons. The van der Waals surface area contributed by atoms with Crippen molar-refractivity contribution in [2.45, 2.75) is 47.1 Å². The summed E-state index contributed by atoms with van der Waals surface area (Å²) >= 11 is 0. The molecule has 6 rings (SSSR count). The van der Waals surface area contributed by atoms with Crippen molar-refractivity contribution in [1.82, 2.24) is 14.6 Å². The zero-order valence-corrected chi connectivity index (χ0v) is 23.5. The first-order valence-corrected chi connectivity index (χ1v) is 13.8. The van der Waals surface area contributed by atoms with Crippen molar-refractivity contribution >= 4 is 33.6 Å². The summed E-state index contributed by atoms with van der Waals surface area (Å²) in [4.78, 5) is 28.6. The number of likely N-dealkylation sites (tertiary alicyclic amines) is 1. The molecule has 2 N–H and O–H groups in total. The molecule has 0 unspecified atom stereocenters. The molecule has 1 aliphatic heterocycles. The molecule has 0 radical (unpaired) electrons. The van der Waals surface area contributed by atoms with Crippen molar-refractivity contribution in [2.24, 2.45) is 11.1 Å². The minimum absolute atomic E-state index is 0.0200. The number of aromatic nitrogens is 2. The van der Waals surface area contributed by atoms with Crippen LogP contribution in [0.25, 0.3) is 32.9 Å². The predicted octanol–water partition coefficient (Wildman–Crippen LogP) is 6.48. The maximum Gasteiger partial charge on any atom is 0.253 e. The average Bonchev–Trinajstić information content (AvgIpc) is 3.43. The number of benzene rings is 3. The van der Waals surface area contributed by atoms with Crippen molar-refractivity contribution in [2.75, 3.05) is 13.1 Å². The number of carbonyl (C=O) groups is 2. The average molecular weight is 535 g/mol. The van der Waals surface area contributed by atoms with Crippen LogP contribution in [0.15, 0.2) is 65.2 Å². The first-order chi connectivity index (χ1) is 19.1. The van der Waals surface area contributed by atoms with Crippen LogP contribution in [0.4, 0.5) is 0 Å². The van der Waals surface area contributed by atoms with Crippen LogP contribution < -0.4 is 5.73 Å². The highest BCUT2D eigenvalue weighted by atomic mass is 16.5. The Balaban J connectivity index is 1.60. The van der Waals surface area contributed by atoms with E-state index in [2.05, 4.69) is 41.8 Å². The van der Waals surface area contributed by atoms with E-state index in [9.17, 15) is 9.59 Å². The summed E-state index contributed by atoms with van der Waals surface area (Å²) < 4.78 is 7.65. The summed E-state index contributed by atoms with van der Waals surface area (Å²) in [5, 5.41) is 5.72. The van der Waals surface area contributed by atoms with Gasteiger partial charge in [0.05, 0.1) is 11.2 Å². The third-order valence-corrected chi connectivity index (χ3v) is 8.17. The molecule has 40 heavy (non-hydrogen) atoms. The van der Waals surface area contributed by atoms with Crippen molar-refractivity contribution in [3.05, 3.63) is 88.8 Å². The van der Waals surface area contributed by atoms with Crippen LogP contribution in [-0.2, 0) is 6.54 Å². The quantitative estimate of drug-likeness (QED) is 0.279. The highest BCUT2D eigenvalue weighted by Gasteiger charge is 2.30. The Hall–Kier alpha value is -4.39. The molecule has 3 aromatic carbocycles. The normalized spacial score (nSPS) is 15.2. The summed E-state index contributed by atoms with van der Waals surface area (Å²) in [7, 11) is 0. The molecule has 1 saturated heterocycles. The number of nitrogens with zero attached hydrogens (tertiary/aromatic N) is 3. The van der Waals surface area contributed by atoms with Crippen LogP contribution in [0.3, 0.4) is 0 Å². The van der Waals surface area contributed by atoms with Gasteiger partial charge >= 0.3 is 0 Å². The van der Waals surface area contributed by atoms with E-state index in [-0.39, 0.29) is 11.3 Å². The lowest BCUT2D eigenvalue weighted by Gasteiger charge is -2.38. The van der Waals surface area contributed by atoms with Gasteiger partial charge in [-0.15, -0.1) is 0 Å². The van der Waals surface area contributed by atoms with Gasteiger partial charge in [0.15, 0.2) is 0 Å². The lowest BCUT2D eigenvalue weighted by atomic mass is 9.84. The highest BCUT2D eigenvalue weighted by molar-refractivity contribution is 6.20. The van der Waals surface area contributed by atoms with Crippen molar-refractivity contribution < 1.29 is 14.1 Å².